The Morgan fingerprint density at radius 3 is 2.28 bits per heavy atom. The van der Waals surface area contributed by atoms with E-state index in [2.05, 4.69) is 10.1 Å². The van der Waals surface area contributed by atoms with Gasteiger partial charge in [0, 0.05) is 36.3 Å². The number of hydrogen-bond acceptors (Lipinski definition) is 5. The van der Waals surface area contributed by atoms with Gasteiger partial charge in [-0.2, -0.15) is 5.10 Å². The normalized spacial score (nSPS) is 13.4. The highest BCUT2D eigenvalue weighted by atomic mass is 16.1. The Kier molecular flexibility index (Phi) is 8.96. The van der Waals surface area contributed by atoms with Gasteiger partial charge >= 0.3 is 0 Å². The van der Waals surface area contributed by atoms with Crippen LogP contribution in [0.3, 0.4) is 0 Å². The van der Waals surface area contributed by atoms with Crippen molar-refractivity contribution in [3.63, 3.8) is 0 Å². The van der Waals surface area contributed by atoms with E-state index >= 15 is 0 Å². The molecule has 0 bridgehead atoms. The van der Waals surface area contributed by atoms with Crippen LogP contribution in [0.4, 0.5) is 0 Å². The molecule has 2 aromatic heterocycles. The average molecular weight is 396 g/mol. The highest BCUT2D eigenvalue weighted by Gasteiger charge is 2.11. The molecule has 0 saturated heterocycles. The number of hydrogen-bond donors (Lipinski definition) is 2. The average Bonchev–Trinajstić information content (AvgIpc) is 3.38. The van der Waals surface area contributed by atoms with Gasteiger partial charge in [0.25, 0.3) is 0 Å². The number of carbonyl (C=O) groups excluding carboxylic acids is 1. The zero-order valence-electron chi connectivity index (χ0n) is 17.8. The molecular formula is C23H33N5O. The van der Waals surface area contributed by atoms with Crippen molar-refractivity contribution >= 4 is 16.8 Å². The van der Waals surface area contributed by atoms with E-state index in [1.54, 1.807) is 19.3 Å². The van der Waals surface area contributed by atoms with Crippen molar-refractivity contribution in [3.05, 3.63) is 59.4 Å². The molecule has 6 nitrogen and oxygen atoms in total. The second kappa shape index (κ2) is 11.4. The van der Waals surface area contributed by atoms with Crippen molar-refractivity contribution in [2.75, 3.05) is 0 Å². The number of nitrogens with two attached hydrogens (primary N) is 2. The maximum atomic E-state index is 11.3. The van der Waals surface area contributed by atoms with Crippen LogP contribution in [0, 0.1) is 6.92 Å². The van der Waals surface area contributed by atoms with Crippen molar-refractivity contribution in [2.45, 2.75) is 65.6 Å². The lowest BCUT2D eigenvalue weighted by Gasteiger charge is -2.03. The van der Waals surface area contributed by atoms with Gasteiger partial charge in [0.05, 0.1) is 6.20 Å². The standard InChI is InChI=1S/C11H13N3O.C7H9N.C5H11N/c1-4-14-11-10(6-13-14)7(2)9(5-12-11)8(3)15;8-6-7-4-2-1-3-5-7;6-5-3-1-2-4-5/h5-6H,4H2,1-3H3;1-5H,6,8H2;5H,1-4,6H2. The highest BCUT2D eigenvalue weighted by Crippen LogP contribution is 2.19. The Hall–Kier alpha value is -2.57. The largest absolute Gasteiger partial charge is 0.328 e. The van der Waals surface area contributed by atoms with E-state index in [-0.39, 0.29) is 5.78 Å². The molecule has 1 saturated carbocycles. The Morgan fingerprint density at radius 2 is 1.83 bits per heavy atom. The van der Waals surface area contributed by atoms with Crippen LogP contribution < -0.4 is 11.5 Å². The minimum Gasteiger partial charge on any atom is -0.328 e. The maximum absolute atomic E-state index is 11.3. The summed E-state index contributed by atoms with van der Waals surface area (Å²) in [7, 11) is 0. The fourth-order valence-corrected chi connectivity index (χ4v) is 3.31. The van der Waals surface area contributed by atoms with Gasteiger partial charge in [-0.05, 0) is 44.7 Å². The zero-order chi connectivity index (χ0) is 21.2. The van der Waals surface area contributed by atoms with Gasteiger partial charge in [0.15, 0.2) is 11.4 Å². The molecule has 0 unspecified atom stereocenters. The van der Waals surface area contributed by atoms with Crippen LogP contribution in [0.25, 0.3) is 11.0 Å². The number of nitrogens with zero attached hydrogens (tertiary/aromatic N) is 3. The van der Waals surface area contributed by atoms with Crippen LogP contribution in [0.1, 0.15) is 61.0 Å². The highest BCUT2D eigenvalue weighted by molar-refractivity contribution is 5.99. The molecule has 1 aliphatic rings. The number of fused-ring (bicyclic) bond motifs is 1. The van der Waals surface area contributed by atoms with E-state index < -0.39 is 0 Å². The van der Waals surface area contributed by atoms with E-state index in [9.17, 15) is 4.79 Å². The molecule has 2 heterocycles. The number of ketones is 1. The Morgan fingerprint density at radius 1 is 1.17 bits per heavy atom. The zero-order valence-corrected chi connectivity index (χ0v) is 17.8. The summed E-state index contributed by atoms with van der Waals surface area (Å²) in [5, 5.41) is 5.18. The molecule has 4 rings (SSSR count). The number of Topliss-reactive ketones (excluding diaryl/α,β-unsaturated/α-hetero) is 1. The summed E-state index contributed by atoms with van der Waals surface area (Å²) in [6.07, 6.45) is 8.66. The molecule has 0 aliphatic heterocycles. The number of benzene rings is 1. The van der Waals surface area contributed by atoms with Crippen LogP contribution in [0.5, 0.6) is 0 Å². The summed E-state index contributed by atoms with van der Waals surface area (Å²) in [5.74, 6) is 0.0474. The molecule has 0 amide bonds. The van der Waals surface area contributed by atoms with Crippen LogP contribution in [0.2, 0.25) is 0 Å². The topological polar surface area (TPSA) is 99.8 Å². The predicted octanol–water partition coefficient (Wildman–Crippen LogP) is 4.00. The van der Waals surface area contributed by atoms with E-state index in [0.29, 0.717) is 18.2 Å². The van der Waals surface area contributed by atoms with Crippen molar-refractivity contribution in [1.82, 2.24) is 14.8 Å². The number of pyridine rings is 1. The summed E-state index contributed by atoms with van der Waals surface area (Å²) in [6, 6.07) is 10.5. The third-order valence-corrected chi connectivity index (χ3v) is 5.09. The Bertz CT molecular complexity index is 898. The Labute approximate surface area is 173 Å². The minimum atomic E-state index is 0.0474. The summed E-state index contributed by atoms with van der Waals surface area (Å²) in [4.78, 5) is 15.6. The van der Waals surface area contributed by atoms with E-state index in [0.717, 1.165) is 23.1 Å². The van der Waals surface area contributed by atoms with Crippen molar-refractivity contribution in [2.24, 2.45) is 11.5 Å². The van der Waals surface area contributed by atoms with Crippen molar-refractivity contribution in [1.29, 1.82) is 0 Å². The molecule has 6 heteroatoms. The maximum Gasteiger partial charge on any atom is 0.161 e. The minimum absolute atomic E-state index is 0.0474. The first-order chi connectivity index (χ1) is 14.0. The van der Waals surface area contributed by atoms with E-state index in [1.165, 1.54) is 31.2 Å². The molecule has 1 aliphatic carbocycles. The molecule has 3 aromatic rings. The number of carbonyl (C=O) groups is 1. The van der Waals surface area contributed by atoms with Crippen molar-refractivity contribution < 1.29 is 4.79 Å². The van der Waals surface area contributed by atoms with Gasteiger partial charge in [0.1, 0.15) is 0 Å². The molecule has 0 radical (unpaired) electrons. The molecule has 0 atom stereocenters. The van der Waals surface area contributed by atoms with Crippen LogP contribution >= 0.6 is 0 Å². The molecule has 4 N–H and O–H groups in total. The third kappa shape index (κ3) is 6.48. The monoisotopic (exact) mass is 395 g/mol. The smallest absolute Gasteiger partial charge is 0.161 e. The summed E-state index contributed by atoms with van der Waals surface area (Å²) in [5.41, 5.74) is 14.6. The van der Waals surface area contributed by atoms with E-state index in [1.807, 2.05) is 48.9 Å². The fraction of sp³-hybridized carbons (Fsp3) is 0.435. The van der Waals surface area contributed by atoms with Gasteiger partial charge in [-0.25, -0.2) is 9.67 Å². The molecular weight excluding hydrogens is 362 g/mol. The van der Waals surface area contributed by atoms with Crippen LogP contribution in [0.15, 0.2) is 42.7 Å². The van der Waals surface area contributed by atoms with Gasteiger partial charge in [-0.1, -0.05) is 43.2 Å². The summed E-state index contributed by atoms with van der Waals surface area (Å²) < 4.78 is 1.83. The fourth-order valence-electron chi connectivity index (χ4n) is 3.31. The van der Waals surface area contributed by atoms with E-state index in [4.69, 9.17) is 11.5 Å². The van der Waals surface area contributed by atoms with Crippen LogP contribution in [-0.2, 0) is 13.1 Å². The first kappa shape index (κ1) is 22.7. The Balaban J connectivity index is 0.000000178. The number of aromatic nitrogens is 3. The summed E-state index contributed by atoms with van der Waals surface area (Å²) in [6.45, 7) is 6.93. The molecule has 1 fully saturated rings. The third-order valence-electron chi connectivity index (χ3n) is 5.09. The lowest BCUT2D eigenvalue weighted by atomic mass is 10.1. The second-order valence-corrected chi connectivity index (χ2v) is 7.28. The van der Waals surface area contributed by atoms with Gasteiger partial charge in [-0.15, -0.1) is 0 Å². The summed E-state index contributed by atoms with van der Waals surface area (Å²) >= 11 is 0. The SMILES string of the molecule is CCn1ncc2c(C)c(C(C)=O)cnc21.NC1CCCC1.NCc1ccccc1. The lowest BCUT2D eigenvalue weighted by Crippen LogP contribution is -2.13. The quantitative estimate of drug-likeness (QED) is 0.653. The van der Waals surface area contributed by atoms with Gasteiger partial charge < -0.3 is 11.5 Å². The lowest BCUT2D eigenvalue weighted by molar-refractivity contribution is 0.101. The predicted molar refractivity (Wildman–Crippen MR) is 119 cm³/mol. The first-order valence-corrected chi connectivity index (χ1v) is 10.3. The van der Waals surface area contributed by atoms with Gasteiger partial charge in [-0.3, -0.25) is 4.79 Å². The molecule has 1 aromatic carbocycles. The van der Waals surface area contributed by atoms with Crippen LogP contribution in [-0.4, -0.2) is 26.6 Å². The molecule has 156 valence electrons. The van der Waals surface area contributed by atoms with Gasteiger partial charge in [0.2, 0.25) is 0 Å². The molecule has 0 spiro atoms. The number of rotatable bonds is 3. The van der Waals surface area contributed by atoms with Crippen molar-refractivity contribution in [3.8, 4) is 0 Å². The molecule has 29 heavy (non-hydrogen) atoms. The number of aryl methyl sites for hydroxylation is 2. The second-order valence-electron chi connectivity index (χ2n) is 7.28. The first-order valence-electron chi connectivity index (χ1n) is 10.3.